The van der Waals surface area contributed by atoms with E-state index in [0.29, 0.717) is 12.4 Å². The van der Waals surface area contributed by atoms with Crippen LogP contribution in [-0.2, 0) is 14.8 Å². The number of nitrogens with one attached hydrogen (secondary N) is 2. The molecule has 0 aromatic heterocycles. The van der Waals surface area contributed by atoms with Crippen molar-refractivity contribution < 1.29 is 17.9 Å². The first-order chi connectivity index (χ1) is 9.80. The minimum atomic E-state index is -3.54. The Kier molecular flexibility index (Phi) is 6.60. The maximum atomic E-state index is 12.1. The number of sulfonamides is 1. The van der Waals surface area contributed by atoms with Crippen molar-refractivity contribution in [2.24, 2.45) is 0 Å². The van der Waals surface area contributed by atoms with Gasteiger partial charge in [0.1, 0.15) is 12.4 Å². The summed E-state index contributed by atoms with van der Waals surface area (Å²) in [5, 5.41) is 2.97. The smallest absolute Gasteiger partial charge is 0.240 e. The van der Waals surface area contributed by atoms with Crippen LogP contribution in [0.5, 0.6) is 5.75 Å². The SMILES string of the molecule is CNCCOc1ccc(S(=O)(=O)NCC(C)(C)OC)cc1. The summed E-state index contributed by atoms with van der Waals surface area (Å²) in [7, 11) is -0.157. The van der Waals surface area contributed by atoms with E-state index in [-0.39, 0.29) is 11.4 Å². The molecular weight excluding hydrogens is 292 g/mol. The molecule has 0 amide bonds. The molecule has 0 atom stereocenters. The van der Waals surface area contributed by atoms with Crippen molar-refractivity contribution in [3.63, 3.8) is 0 Å². The fourth-order valence-electron chi connectivity index (χ4n) is 1.41. The van der Waals surface area contributed by atoms with Gasteiger partial charge in [-0.15, -0.1) is 0 Å². The maximum Gasteiger partial charge on any atom is 0.240 e. The maximum absolute atomic E-state index is 12.1. The first-order valence-electron chi connectivity index (χ1n) is 6.73. The third kappa shape index (κ3) is 6.01. The largest absolute Gasteiger partial charge is 0.492 e. The van der Waals surface area contributed by atoms with E-state index in [9.17, 15) is 8.42 Å². The second kappa shape index (κ2) is 7.74. The van der Waals surface area contributed by atoms with Crippen LogP contribution in [0.1, 0.15) is 13.8 Å². The van der Waals surface area contributed by atoms with Crippen molar-refractivity contribution in [1.82, 2.24) is 10.0 Å². The van der Waals surface area contributed by atoms with Gasteiger partial charge in [-0.25, -0.2) is 13.1 Å². The normalized spacial score (nSPS) is 12.4. The molecule has 2 N–H and O–H groups in total. The fourth-order valence-corrected chi connectivity index (χ4v) is 2.61. The Morgan fingerprint density at radius 2 is 1.81 bits per heavy atom. The van der Waals surface area contributed by atoms with E-state index in [1.54, 1.807) is 19.2 Å². The highest BCUT2D eigenvalue weighted by Gasteiger charge is 2.21. The molecule has 0 bridgehead atoms. The summed E-state index contributed by atoms with van der Waals surface area (Å²) in [4.78, 5) is 0.204. The van der Waals surface area contributed by atoms with Gasteiger partial charge in [0.25, 0.3) is 0 Å². The summed E-state index contributed by atoms with van der Waals surface area (Å²) < 4.78 is 37.5. The lowest BCUT2D eigenvalue weighted by Crippen LogP contribution is -2.39. The summed E-state index contributed by atoms with van der Waals surface area (Å²) in [6, 6.07) is 6.34. The van der Waals surface area contributed by atoms with E-state index in [1.165, 1.54) is 12.1 Å². The third-order valence-corrected chi connectivity index (χ3v) is 4.41. The van der Waals surface area contributed by atoms with E-state index < -0.39 is 15.6 Å². The van der Waals surface area contributed by atoms with Crippen molar-refractivity contribution in [3.8, 4) is 5.75 Å². The molecule has 6 nitrogen and oxygen atoms in total. The van der Waals surface area contributed by atoms with Gasteiger partial charge in [0.05, 0.1) is 10.5 Å². The van der Waals surface area contributed by atoms with Gasteiger partial charge in [0.2, 0.25) is 10.0 Å². The molecule has 0 unspecified atom stereocenters. The van der Waals surface area contributed by atoms with E-state index in [0.717, 1.165) is 6.54 Å². The molecule has 1 rings (SSSR count). The number of rotatable bonds is 9. The predicted octanol–water partition coefficient (Wildman–Crippen LogP) is 0.988. The average Bonchev–Trinajstić information content (AvgIpc) is 2.46. The van der Waals surface area contributed by atoms with Crippen LogP contribution in [0.15, 0.2) is 29.2 Å². The fraction of sp³-hybridized carbons (Fsp3) is 0.571. The molecule has 1 aromatic carbocycles. The molecular formula is C14H24N2O4S. The highest BCUT2D eigenvalue weighted by atomic mass is 32.2. The van der Waals surface area contributed by atoms with E-state index in [2.05, 4.69) is 10.0 Å². The lowest BCUT2D eigenvalue weighted by Gasteiger charge is -2.23. The second-order valence-corrected chi connectivity index (χ2v) is 6.98. The number of likely N-dealkylation sites (N-methyl/N-ethyl adjacent to an activating group) is 1. The summed E-state index contributed by atoms with van der Waals surface area (Å²) in [5.41, 5.74) is -0.552. The van der Waals surface area contributed by atoms with Crippen LogP contribution in [0.25, 0.3) is 0 Å². The average molecular weight is 316 g/mol. The molecule has 1 aromatic rings. The van der Waals surface area contributed by atoms with Gasteiger partial charge in [-0.05, 0) is 45.2 Å². The van der Waals surface area contributed by atoms with Gasteiger partial charge in [-0.1, -0.05) is 0 Å². The molecule has 0 heterocycles. The number of hydrogen-bond acceptors (Lipinski definition) is 5. The summed E-state index contributed by atoms with van der Waals surface area (Å²) in [5.74, 6) is 0.640. The van der Waals surface area contributed by atoms with Crippen molar-refractivity contribution in [1.29, 1.82) is 0 Å². The minimum absolute atomic E-state index is 0.201. The zero-order chi connectivity index (χ0) is 15.9. The van der Waals surface area contributed by atoms with Crippen molar-refractivity contribution >= 4 is 10.0 Å². The first-order valence-corrected chi connectivity index (χ1v) is 8.21. The topological polar surface area (TPSA) is 76.7 Å². The van der Waals surface area contributed by atoms with Gasteiger partial charge in [-0.3, -0.25) is 0 Å². The lowest BCUT2D eigenvalue weighted by atomic mass is 10.1. The Balaban J connectivity index is 2.67. The van der Waals surface area contributed by atoms with Gasteiger partial charge in [-0.2, -0.15) is 0 Å². The number of ether oxygens (including phenoxy) is 2. The molecule has 0 radical (unpaired) electrons. The Morgan fingerprint density at radius 3 is 2.33 bits per heavy atom. The molecule has 21 heavy (non-hydrogen) atoms. The Hall–Kier alpha value is -1.15. The Morgan fingerprint density at radius 1 is 1.19 bits per heavy atom. The quantitative estimate of drug-likeness (QED) is 0.664. The van der Waals surface area contributed by atoms with Crippen molar-refractivity contribution in [2.45, 2.75) is 24.3 Å². The molecule has 0 spiro atoms. The highest BCUT2D eigenvalue weighted by Crippen LogP contribution is 2.16. The molecule has 0 aliphatic rings. The molecule has 0 aliphatic heterocycles. The summed E-state index contributed by atoms with van der Waals surface area (Å²) >= 11 is 0. The third-order valence-electron chi connectivity index (χ3n) is 3.00. The van der Waals surface area contributed by atoms with Crippen LogP contribution >= 0.6 is 0 Å². The molecule has 0 fully saturated rings. The van der Waals surface area contributed by atoms with Gasteiger partial charge in [0, 0.05) is 20.2 Å². The molecule has 7 heteroatoms. The molecule has 0 aliphatic carbocycles. The summed E-state index contributed by atoms with van der Waals surface area (Å²) in [6.07, 6.45) is 0. The number of methoxy groups -OCH3 is 1. The molecule has 0 saturated carbocycles. The zero-order valence-electron chi connectivity index (χ0n) is 13.0. The predicted molar refractivity (Wildman–Crippen MR) is 82.1 cm³/mol. The van der Waals surface area contributed by atoms with Crippen LogP contribution in [-0.4, -0.2) is 47.9 Å². The number of hydrogen-bond donors (Lipinski definition) is 2. The first kappa shape index (κ1) is 17.9. The van der Waals surface area contributed by atoms with Gasteiger partial charge < -0.3 is 14.8 Å². The Bertz CT molecular complexity index is 526. The van der Waals surface area contributed by atoms with Crippen LogP contribution in [0.3, 0.4) is 0 Å². The van der Waals surface area contributed by atoms with E-state index in [4.69, 9.17) is 9.47 Å². The second-order valence-electron chi connectivity index (χ2n) is 5.21. The molecule has 120 valence electrons. The number of benzene rings is 1. The zero-order valence-corrected chi connectivity index (χ0v) is 13.8. The van der Waals surface area contributed by atoms with Crippen LogP contribution in [0.4, 0.5) is 0 Å². The minimum Gasteiger partial charge on any atom is -0.492 e. The van der Waals surface area contributed by atoms with Gasteiger partial charge >= 0.3 is 0 Å². The van der Waals surface area contributed by atoms with Crippen molar-refractivity contribution in [3.05, 3.63) is 24.3 Å². The van der Waals surface area contributed by atoms with Crippen LogP contribution in [0.2, 0.25) is 0 Å². The van der Waals surface area contributed by atoms with Crippen LogP contribution < -0.4 is 14.8 Å². The highest BCUT2D eigenvalue weighted by molar-refractivity contribution is 7.89. The monoisotopic (exact) mass is 316 g/mol. The molecule has 0 saturated heterocycles. The van der Waals surface area contributed by atoms with Gasteiger partial charge in [0.15, 0.2) is 0 Å². The van der Waals surface area contributed by atoms with E-state index in [1.807, 2.05) is 20.9 Å². The van der Waals surface area contributed by atoms with Crippen LogP contribution in [0, 0.1) is 0 Å². The Labute approximate surface area is 126 Å². The lowest BCUT2D eigenvalue weighted by molar-refractivity contribution is 0.0276. The van der Waals surface area contributed by atoms with Crippen molar-refractivity contribution in [2.75, 3.05) is 33.9 Å². The summed E-state index contributed by atoms with van der Waals surface area (Å²) in [6.45, 7) is 5.09. The standard InChI is InChI=1S/C14H24N2O4S/c1-14(2,19-4)11-16-21(17,18)13-7-5-12(6-8-13)20-10-9-15-3/h5-8,15-16H,9-11H2,1-4H3. The van der Waals surface area contributed by atoms with E-state index >= 15 is 0 Å².